The highest BCUT2D eigenvalue weighted by Gasteiger charge is 2.21. The normalized spacial score (nSPS) is 12.9. The average Bonchev–Trinajstić information content (AvgIpc) is 2.37. The zero-order valence-corrected chi connectivity index (χ0v) is 12.0. The molecule has 0 atom stereocenters. The summed E-state index contributed by atoms with van der Waals surface area (Å²) in [6, 6.07) is 12.0. The van der Waals surface area contributed by atoms with Crippen molar-refractivity contribution in [1.82, 2.24) is 0 Å². The van der Waals surface area contributed by atoms with Gasteiger partial charge in [-0.05, 0) is 36.4 Å². The Morgan fingerprint density at radius 2 is 1.63 bits per heavy atom. The number of phenolic OH excluding ortho intramolecular Hbond substituents is 1. The van der Waals surface area contributed by atoms with Crippen LogP contribution >= 0.6 is 11.8 Å². The highest BCUT2D eigenvalue weighted by molar-refractivity contribution is 7.99. The van der Waals surface area contributed by atoms with E-state index in [0.29, 0.717) is 5.75 Å². The SMILES string of the molecule is CN(C)c1ccc2c(c1)Sc1cc(O)ccc1N2C. The van der Waals surface area contributed by atoms with Gasteiger partial charge in [-0.25, -0.2) is 0 Å². The quantitative estimate of drug-likeness (QED) is 0.856. The lowest BCUT2D eigenvalue weighted by atomic mass is 10.2. The predicted octanol–water partition coefficient (Wildman–Crippen LogP) is 3.69. The molecule has 1 aliphatic heterocycles. The maximum Gasteiger partial charge on any atom is 0.116 e. The van der Waals surface area contributed by atoms with Crippen LogP contribution in [0.25, 0.3) is 0 Å². The molecule has 0 aliphatic carbocycles. The van der Waals surface area contributed by atoms with Crippen LogP contribution in [-0.2, 0) is 0 Å². The molecule has 0 saturated carbocycles. The van der Waals surface area contributed by atoms with E-state index in [4.69, 9.17) is 0 Å². The van der Waals surface area contributed by atoms with E-state index in [2.05, 4.69) is 35.0 Å². The smallest absolute Gasteiger partial charge is 0.116 e. The average molecular weight is 272 g/mol. The minimum atomic E-state index is 0.312. The lowest BCUT2D eigenvalue weighted by Crippen LogP contribution is -2.15. The minimum Gasteiger partial charge on any atom is -0.508 e. The fourth-order valence-electron chi connectivity index (χ4n) is 2.25. The summed E-state index contributed by atoms with van der Waals surface area (Å²) in [5.74, 6) is 0.312. The van der Waals surface area contributed by atoms with Crippen molar-refractivity contribution >= 4 is 28.8 Å². The minimum absolute atomic E-state index is 0.312. The van der Waals surface area contributed by atoms with E-state index in [1.807, 2.05) is 26.2 Å². The Labute approximate surface area is 117 Å². The number of nitrogens with zero attached hydrogens (tertiary/aromatic N) is 2. The van der Waals surface area contributed by atoms with E-state index >= 15 is 0 Å². The molecule has 2 aromatic rings. The van der Waals surface area contributed by atoms with E-state index in [1.165, 1.54) is 16.3 Å². The molecule has 0 spiro atoms. The highest BCUT2D eigenvalue weighted by atomic mass is 32.2. The topological polar surface area (TPSA) is 26.7 Å². The van der Waals surface area contributed by atoms with Crippen LogP contribution in [0.15, 0.2) is 46.2 Å². The summed E-state index contributed by atoms with van der Waals surface area (Å²) in [6.45, 7) is 0. The van der Waals surface area contributed by atoms with Crippen molar-refractivity contribution in [2.75, 3.05) is 30.9 Å². The van der Waals surface area contributed by atoms with E-state index in [1.54, 1.807) is 17.8 Å². The molecular weight excluding hydrogens is 256 g/mol. The Morgan fingerprint density at radius 3 is 2.32 bits per heavy atom. The van der Waals surface area contributed by atoms with Crippen LogP contribution in [0.1, 0.15) is 0 Å². The second-order valence-electron chi connectivity index (χ2n) is 4.86. The first kappa shape index (κ1) is 12.2. The maximum absolute atomic E-state index is 9.63. The fourth-order valence-corrected chi connectivity index (χ4v) is 3.47. The summed E-state index contributed by atoms with van der Waals surface area (Å²) in [4.78, 5) is 6.57. The summed E-state index contributed by atoms with van der Waals surface area (Å²) >= 11 is 1.70. The number of anilines is 3. The Hall–Kier alpha value is -1.81. The van der Waals surface area contributed by atoms with Gasteiger partial charge in [0, 0.05) is 36.6 Å². The van der Waals surface area contributed by atoms with Crippen LogP contribution in [0.3, 0.4) is 0 Å². The monoisotopic (exact) mass is 272 g/mol. The molecule has 0 aromatic heterocycles. The van der Waals surface area contributed by atoms with Gasteiger partial charge in [0.2, 0.25) is 0 Å². The molecule has 0 fully saturated rings. The number of benzene rings is 2. The van der Waals surface area contributed by atoms with Crippen LogP contribution in [0.4, 0.5) is 17.1 Å². The van der Waals surface area contributed by atoms with Crippen molar-refractivity contribution in [2.24, 2.45) is 0 Å². The molecule has 3 nitrogen and oxygen atoms in total. The maximum atomic E-state index is 9.63. The molecular formula is C15H16N2OS. The first-order valence-corrected chi connectivity index (χ1v) is 6.94. The number of hydrogen-bond acceptors (Lipinski definition) is 4. The van der Waals surface area contributed by atoms with Gasteiger partial charge in [0.1, 0.15) is 5.75 Å². The third-order valence-corrected chi connectivity index (χ3v) is 4.44. The second kappa shape index (κ2) is 4.38. The molecule has 3 rings (SSSR count). The molecule has 4 heteroatoms. The molecule has 0 unspecified atom stereocenters. The van der Waals surface area contributed by atoms with Crippen molar-refractivity contribution in [3.8, 4) is 5.75 Å². The Kier molecular flexibility index (Phi) is 2.82. The van der Waals surface area contributed by atoms with Crippen LogP contribution < -0.4 is 9.80 Å². The van der Waals surface area contributed by atoms with Gasteiger partial charge in [-0.1, -0.05) is 11.8 Å². The molecule has 0 bridgehead atoms. The first-order valence-electron chi connectivity index (χ1n) is 6.12. The first-order chi connectivity index (χ1) is 9.06. The number of rotatable bonds is 1. The summed E-state index contributed by atoms with van der Waals surface area (Å²) in [5, 5.41) is 9.63. The zero-order chi connectivity index (χ0) is 13.6. The summed E-state index contributed by atoms with van der Waals surface area (Å²) in [6.07, 6.45) is 0. The lowest BCUT2D eigenvalue weighted by molar-refractivity contribution is 0.474. The summed E-state index contributed by atoms with van der Waals surface area (Å²) in [7, 11) is 6.14. The van der Waals surface area contributed by atoms with Gasteiger partial charge in [-0.15, -0.1) is 0 Å². The second-order valence-corrected chi connectivity index (χ2v) is 5.94. The van der Waals surface area contributed by atoms with Crippen LogP contribution in [-0.4, -0.2) is 26.2 Å². The fraction of sp³-hybridized carbons (Fsp3) is 0.200. The van der Waals surface area contributed by atoms with Crippen LogP contribution in [0.2, 0.25) is 0 Å². The summed E-state index contributed by atoms with van der Waals surface area (Å²) in [5.41, 5.74) is 3.52. The van der Waals surface area contributed by atoms with Crippen LogP contribution in [0, 0.1) is 0 Å². The van der Waals surface area contributed by atoms with Gasteiger partial charge in [-0.3, -0.25) is 0 Å². The number of hydrogen-bond donors (Lipinski definition) is 1. The molecule has 0 saturated heterocycles. The third kappa shape index (κ3) is 2.02. The van der Waals surface area contributed by atoms with Gasteiger partial charge >= 0.3 is 0 Å². The molecule has 1 N–H and O–H groups in total. The van der Waals surface area contributed by atoms with Crippen molar-refractivity contribution in [1.29, 1.82) is 0 Å². The molecule has 0 amide bonds. The van der Waals surface area contributed by atoms with Crippen molar-refractivity contribution in [2.45, 2.75) is 9.79 Å². The lowest BCUT2D eigenvalue weighted by Gasteiger charge is -2.30. The molecule has 19 heavy (non-hydrogen) atoms. The summed E-state index contributed by atoms with van der Waals surface area (Å²) < 4.78 is 0. The molecule has 0 radical (unpaired) electrons. The van der Waals surface area contributed by atoms with Crippen molar-refractivity contribution in [3.63, 3.8) is 0 Å². The zero-order valence-electron chi connectivity index (χ0n) is 11.2. The van der Waals surface area contributed by atoms with Gasteiger partial charge in [0.25, 0.3) is 0 Å². The largest absolute Gasteiger partial charge is 0.508 e. The predicted molar refractivity (Wildman–Crippen MR) is 81.1 cm³/mol. The van der Waals surface area contributed by atoms with E-state index in [0.717, 1.165) is 10.6 Å². The number of fused-ring (bicyclic) bond motifs is 2. The Balaban J connectivity index is 2.10. The van der Waals surface area contributed by atoms with Gasteiger partial charge in [0.15, 0.2) is 0 Å². The number of aromatic hydroxyl groups is 1. The molecule has 1 aliphatic rings. The molecule has 98 valence electrons. The number of phenols is 1. The highest BCUT2D eigenvalue weighted by Crippen LogP contribution is 2.49. The standard InChI is InChI=1S/C15H16N2OS/c1-16(2)10-4-6-12-14(8-10)19-15-9-11(18)5-7-13(15)17(12)3/h4-9,18H,1-3H3. The van der Waals surface area contributed by atoms with E-state index < -0.39 is 0 Å². The molecule has 2 aromatic carbocycles. The van der Waals surface area contributed by atoms with Gasteiger partial charge < -0.3 is 14.9 Å². The van der Waals surface area contributed by atoms with Crippen molar-refractivity contribution < 1.29 is 5.11 Å². The Morgan fingerprint density at radius 1 is 1.00 bits per heavy atom. The third-order valence-electron chi connectivity index (χ3n) is 3.35. The van der Waals surface area contributed by atoms with E-state index in [9.17, 15) is 5.11 Å². The van der Waals surface area contributed by atoms with Crippen LogP contribution in [0.5, 0.6) is 5.75 Å². The van der Waals surface area contributed by atoms with Crippen molar-refractivity contribution in [3.05, 3.63) is 36.4 Å². The van der Waals surface area contributed by atoms with Gasteiger partial charge in [0.05, 0.1) is 11.4 Å². The molecule has 1 heterocycles. The van der Waals surface area contributed by atoms with Gasteiger partial charge in [-0.2, -0.15) is 0 Å². The van der Waals surface area contributed by atoms with E-state index in [-0.39, 0.29) is 0 Å². The Bertz CT molecular complexity index is 640.